The minimum Gasteiger partial charge on any atom is -0.396 e. The molecule has 0 bridgehead atoms. The Morgan fingerprint density at radius 3 is 2.41 bits per heavy atom. The molecular weight excluding hydrogens is 739 g/mol. The number of hydrogen-bond donors (Lipinski definition) is 3. The van der Waals surface area contributed by atoms with E-state index in [1.165, 1.54) is 0 Å². The molecule has 0 radical (unpaired) electrons. The zero-order chi connectivity index (χ0) is 43.1. The molecule has 1 aliphatic heterocycles. The lowest BCUT2D eigenvalue weighted by Crippen LogP contribution is -2.59. The van der Waals surface area contributed by atoms with Crippen LogP contribution in [0.3, 0.4) is 0 Å². The lowest BCUT2D eigenvalue weighted by atomic mass is 9.70. The van der Waals surface area contributed by atoms with Crippen LogP contribution in [0.5, 0.6) is 0 Å². The molecule has 0 amide bonds. The second-order valence-corrected chi connectivity index (χ2v) is 18.1. The molecule has 0 spiro atoms. The molecule has 2 heterocycles. The van der Waals surface area contributed by atoms with Crippen LogP contribution in [0.15, 0.2) is 47.8 Å². The Morgan fingerprint density at radius 1 is 1.07 bits per heavy atom. The first-order chi connectivity index (χ1) is 27.2. The molecule has 1 saturated carbocycles. The van der Waals surface area contributed by atoms with Crippen molar-refractivity contribution in [3.8, 4) is 0 Å². The molecule has 13 atom stereocenters. The Balaban J connectivity index is 1.86. The van der Waals surface area contributed by atoms with Crippen LogP contribution >= 0.6 is 0 Å². The standard InChI is InChI=1S/C46H71N3O9/c1-13-35-23-38(50)30(6)40(51)32(8)43(58-44-41(52)37(49(11)12)21-29(5)57-44)45(9,55-20-16-17-33-22-34-18-14-15-19-36(34)47-25-33)24-28(4)39(48-56-26-27(2)3)31(7)42(53)46(35,10)54/h14-19,22,25,27-32,35,37,41-44,52-54H,13,20-21,23-24,26H2,1-12H3/b17-16+,48-39+/t28-,29-,30+,31-,32+,35-,37+,41-,42-,43-,44+,45+,46-/m1/s1. The fourth-order valence-electron chi connectivity index (χ4n) is 8.84. The van der Waals surface area contributed by atoms with Gasteiger partial charge in [-0.3, -0.25) is 14.6 Å². The molecule has 1 aliphatic carbocycles. The van der Waals surface area contributed by atoms with Crippen molar-refractivity contribution < 1.29 is 44.0 Å². The maximum absolute atomic E-state index is 14.6. The summed E-state index contributed by atoms with van der Waals surface area (Å²) in [5, 5.41) is 41.2. The van der Waals surface area contributed by atoms with Crippen LogP contribution in [0.25, 0.3) is 17.0 Å². The van der Waals surface area contributed by atoms with Crippen molar-refractivity contribution in [1.82, 2.24) is 9.88 Å². The van der Waals surface area contributed by atoms with E-state index >= 15 is 0 Å². The van der Waals surface area contributed by atoms with E-state index in [-0.39, 0.29) is 49.1 Å². The Labute approximate surface area is 346 Å². The summed E-state index contributed by atoms with van der Waals surface area (Å²) >= 11 is 0. The van der Waals surface area contributed by atoms with Gasteiger partial charge in [-0.2, -0.15) is 0 Å². The van der Waals surface area contributed by atoms with E-state index < -0.39 is 65.4 Å². The number of para-hydroxylation sites is 1. The number of ether oxygens (including phenoxy) is 3. The van der Waals surface area contributed by atoms with Gasteiger partial charge in [-0.15, -0.1) is 0 Å². The number of oxime groups is 1. The van der Waals surface area contributed by atoms with Crippen molar-refractivity contribution in [3.05, 3.63) is 48.2 Å². The number of ketones is 2. The molecule has 12 heteroatoms. The second-order valence-electron chi connectivity index (χ2n) is 18.1. The summed E-state index contributed by atoms with van der Waals surface area (Å²) in [4.78, 5) is 41.0. The van der Waals surface area contributed by atoms with Crippen LogP contribution in [0.4, 0.5) is 0 Å². The smallest absolute Gasteiger partial charge is 0.185 e. The number of carbonyl (C=O) groups excluding carboxylic acids is 2. The molecule has 0 unspecified atom stereocenters. The molecule has 3 N–H and O–H groups in total. The minimum atomic E-state index is -1.69. The lowest BCUT2D eigenvalue weighted by Gasteiger charge is -2.47. The van der Waals surface area contributed by atoms with E-state index in [0.29, 0.717) is 25.2 Å². The van der Waals surface area contributed by atoms with E-state index in [1.54, 1.807) is 27.0 Å². The van der Waals surface area contributed by atoms with E-state index in [0.717, 1.165) is 16.5 Å². The fraction of sp³-hybridized carbons (Fsp3) is 0.696. The van der Waals surface area contributed by atoms with Crippen molar-refractivity contribution in [3.63, 3.8) is 0 Å². The van der Waals surface area contributed by atoms with Crippen molar-refractivity contribution in [2.75, 3.05) is 27.3 Å². The molecule has 12 nitrogen and oxygen atoms in total. The zero-order valence-corrected chi connectivity index (χ0v) is 36.9. The molecule has 2 aliphatic rings. The fourth-order valence-corrected chi connectivity index (χ4v) is 8.84. The average Bonchev–Trinajstić information content (AvgIpc) is 3.17. The lowest BCUT2D eigenvalue weighted by molar-refractivity contribution is -0.296. The number of pyridine rings is 1. The highest BCUT2D eigenvalue weighted by atomic mass is 16.7. The van der Waals surface area contributed by atoms with Gasteiger partial charge < -0.3 is 39.3 Å². The maximum atomic E-state index is 14.6. The summed E-state index contributed by atoms with van der Waals surface area (Å²) in [6.45, 7) is 18.8. The van der Waals surface area contributed by atoms with Crippen molar-refractivity contribution >= 4 is 34.3 Å². The Kier molecular flexibility index (Phi) is 16.8. The van der Waals surface area contributed by atoms with Crippen LogP contribution in [0, 0.1) is 35.5 Å². The van der Waals surface area contributed by atoms with E-state index in [1.807, 2.05) is 110 Å². The van der Waals surface area contributed by atoms with E-state index in [4.69, 9.17) is 19.0 Å². The van der Waals surface area contributed by atoms with Gasteiger partial charge in [-0.1, -0.05) is 83.5 Å². The molecule has 1 aromatic heterocycles. The minimum absolute atomic E-state index is 0.109. The number of likely N-dealkylation sites (N-methyl/N-ethyl adjacent to an activating group) is 1. The van der Waals surface area contributed by atoms with Gasteiger partial charge in [0.05, 0.1) is 53.3 Å². The number of hydrogen-bond acceptors (Lipinski definition) is 12. The summed E-state index contributed by atoms with van der Waals surface area (Å²) in [6.07, 6.45) is 1.93. The monoisotopic (exact) mass is 810 g/mol. The summed E-state index contributed by atoms with van der Waals surface area (Å²) in [5.41, 5.74) is -0.691. The van der Waals surface area contributed by atoms with E-state index in [2.05, 4.69) is 10.1 Å². The van der Waals surface area contributed by atoms with Crippen LogP contribution < -0.4 is 0 Å². The van der Waals surface area contributed by atoms with Gasteiger partial charge in [0.15, 0.2) is 6.29 Å². The number of benzene rings is 1. The number of Topliss-reactive ketones (excluding diaryl/α,β-unsaturated/α-hetero) is 2. The molecule has 324 valence electrons. The van der Waals surface area contributed by atoms with Gasteiger partial charge in [0.1, 0.15) is 24.3 Å². The quantitative estimate of drug-likeness (QED) is 0.169. The number of fused-ring (bicyclic) bond motifs is 1. The first-order valence-corrected chi connectivity index (χ1v) is 21.2. The third-order valence-corrected chi connectivity index (χ3v) is 12.5. The van der Waals surface area contributed by atoms with Gasteiger partial charge in [0.2, 0.25) is 0 Å². The number of aromatic nitrogens is 1. The summed E-state index contributed by atoms with van der Waals surface area (Å²) < 4.78 is 20.0. The van der Waals surface area contributed by atoms with Crippen molar-refractivity contribution in [1.29, 1.82) is 0 Å². The normalized spacial score (nSPS) is 36.9. The molecular formula is C46H71N3O9. The Morgan fingerprint density at radius 2 is 1.76 bits per heavy atom. The predicted octanol–water partition coefficient (Wildman–Crippen LogP) is 6.48. The number of rotatable bonds is 11. The average molecular weight is 810 g/mol. The first-order valence-electron chi connectivity index (χ1n) is 21.2. The molecule has 1 saturated heterocycles. The van der Waals surface area contributed by atoms with Gasteiger partial charge in [0.25, 0.3) is 0 Å². The number of aliphatic hydroxyl groups excluding tert-OH is 2. The van der Waals surface area contributed by atoms with E-state index in [9.17, 15) is 24.9 Å². The van der Waals surface area contributed by atoms with Gasteiger partial charge >= 0.3 is 0 Å². The van der Waals surface area contributed by atoms with Gasteiger partial charge in [-0.05, 0) is 84.2 Å². The van der Waals surface area contributed by atoms with Crippen LogP contribution in [-0.4, -0.2) is 118 Å². The largest absolute Gasteiger partial charge is 0.396 e. The van der Waals surface area contributed by atoms with Crippen LogP contribution in [0.1, 0.15) is 100 Å². The zero-order valence-electron chi connectivity index (χ0n) is 36.9. The first kappa shape index (κ1) is 47.6. The van der Waals surface area contributed by atoms with Crippen molar-refractivity contribution in [2.24, 2.45) is 40.7 Å². The predicted molar refractivity (Wildman–Crippen MR) is 227 cm³/mol. The molecule has 2 fully saturated rings. The molecule has 1 aromatic carbocycles. The van der Waals surface area contributed by atoms with Crippen LogP contribution in [0.2, 0.25) is 0 Å². The molecule has 2 aromatic rings. The van der Waals surface area contributed by atoms with Crippen molar-refractivity contribution in [2.45, 2.75) is 143 Å². The third-order valence-electron chi connectivity index (χ3n) is 12.5. The number of aliphatic hydroxyl groups is 3. The van der Waals surface area contributed by atoms with Gasteiger partial charge in [-0.25, -0.2) is 0 Å². The summed E-state index contributed by atoms with van der Waals surface area (Å²) in [6, 6.07) is 9.65. The third kappa shape index (κ3) is 11.4. The second kappa shape index (κ2) is 20.4. The highest BCUT2D eigenvalue weighted by Gasteiger charge is 2.51. The van der Waals surface area contributed by atoms with Gasteiger partial charge in [0, 0.05) is 41.8 Å². The summed E-state index contributed by atoms with van der Waals surface area (Å²) in [5.74, 6) is -4.24. The number of nitrogens with zero attached hydrogens (tertiary/aromatic N) is 3. The highest BCUT2D eigenvalue weighted by molar-refractivity contribution is 6.03. The molecule has 58 heavy (non-hydrogen) atoms. The topological polar surface area (TPSA) is 160 Å². The maximum Gasteiger partial charge on any atom is 0.185 e. The molecule has 4 rings (SSSR count). The SMILES string of the molecule is CC[C@@H]1CC(=O)[C@H](C)C(=O)[C@H](C)[C@@H](O[C@@H]2O[C@H](C)C[C@H](N(C)C)[C@H]2O)[C@@](C)(OC/C=C/c2cnc3ccccc3c2)C[C@@H](C)/C(=N\OCC(C)C)[C@@H](C)[C@@H](O)[C@]1(C)O. The number of carbonyl (C=O) groups is 2. The highest BCUT2D eigenvalue weighted by Crippen LogP contribution is 2.40. The Hall–Kier alpha value is -3.10. The van der Waals surface area contributed by atoms with Crippen LogP contribution in [-0.2, 0) is 28.6 Å². The Bertz CT molecular complexity index is 1730. The summed E-state index contributed by atoms with van der Waals surface area (Å²) in [7, 11) is 3.80.